The smallest absolute Gasteiger partial charge is 0.317 e. The first kappa shape index (κ1) is 19.9. The summed E-state index contributed by atoms with van der Waals surface area (Å²) in [5.74, 6) is 2.32. The lowest BCUT2D eigenvalue weighted by atomic mass is 9.99. The first-order valence-corrected chi connectivity index (χ1v) is 9.57. The fraction of sp³-hybridized carbons (Fsp3) is 0.409. The van der Waals surface area contributed by atoms with Gasteiger partial charge >= 0.3 is 6.03 Å². The molecule has 6 nitrogen and oxygen atoms in total. The maximum absolute atomic E-state index is 12.5. The van der Waals surface area contributed by atoms with Crippen LogP contribution in [0.3, 0.4) is 0 Å². The van der Waals surface area contributed by atoms with Crippen LogP contribution in [0.15, 0.2) is 36.4 Å². The fourth-order valence-electron chi connectivity index (χ4n) is 3.34. The molecule has 0 unspecified atom stereocenters. The van der Waals surface area contributed by atoms with Crippen LogP contribution in [-0.4, -0.2) is 44.8 Å². The number of hydrogen-bond acceptors (Lipinski definition) is 4. The molecular weight excluding hydrogens is 356 g/mol. The second-order valence-corrected chi connectivity index (χ2v) is 6.85. The van der Waals surface area contributed by atoms with Crippen molar-refractivity contribution in [3.05, 3.63) is 53.1 Å². The van der Waals surface area contributed by atoms with Crippen LogP contribution in [0.2, 0.25) is 0 Å². The zero-order valence-corrected chi connectivity index (χ0v) is 16.8. The van der Waals surface area contributed by atoms with Crippen molar-refractivity contribution in [2.45, 2.75) is 26.3 Å². The molecule has 2 amide bonds. The molecule has 6 heteroatoms. The number of hydrogen-bond donors (Lipinski definition) is 1. The van der Waals surface area contributed by atoms with Crippen molar-refractivity contribution in [2.75, 3.05) is 33.9 Å². The van der Waals surface area contributed by atoms with Crippen LogP contribution in [0.25, 0.3) is 0 Å². The van der Waals surface area contributed by atoms with Gasteiger partial charge in [0.15, 0.2) is 11.5 Å². The van der Waals surface area contributed by atoms with Crippen LogP contribution in [0.4, 0.5) is 4.79 Å². The van der Waals surface area contributed by atoms with Gasteiger partial charge in [0.05, 0.1) is 20.8 Å². The van der Waals surface area contributed by atoms with E-state index in [0.29, 0.717) is 32.0 Å². The molecule has 1 N–H and O–H groups in total. The monoisotopic (exact) mass is 384 g/mol. The maximum Gasteiger partial charge on any atom is 0.317 e. The van der Waals surface area contributed by atoms with Gasteiger partial charge in [-0.2, -0.15) is 0 Å². The Kier molecular flexibility index (Phi) is 6.63. The molecule has 1 aliphatic rings. The first-order valence-electron chi connectivity index (χ1n) is 9.57. The molecule has 2 aromatic rings. The molecule has 150 valence electrons. The van der Waals surface area contributed by atoms with Gasteiger partial charge in [0.1, 0.15) is 5.75 Å². The molecule has 0 bridgehead atoms. The SMILES string of the molecule is COc1cc2c(cc1OC)CN(C(=O)NCCCOc1ccccc1C)CC2. The lowest BCUT2D eigenvalue weighted by Gasteiger charge is -2.29. The number of carbonyl (C=O) groups excluding carboxylic acids is 1. The van der Waals surface area contributed by atoms with Gasteiger partial charge < -0.3 is 24.4 Å². The fourth-order valence-corrected chi connectivity index (χ4v) is 3.34. The largest absolute Gasteiger partial charge is 0.493 e. The van der Waals surface area contributed by atoms with Gasteiger partial charge in [-0.15, -0.1) is 0 Å². The molecule has 1 heterocycles. The second kappa shape index (κ2) is 9.35. The standard InChI is InChI=1S/C22H28N2O4/c1-16-7-4-5-8-19(16)28-12-6-10-23-22(25)24-11-9-17-13-20(26-2)21(27-3)14-18(17)15-24/h4-5,7-8,13-14H,6,9-12,15H2,1-3H3,(H,23,25). The summed E-state index contributed by atoms with van der Waals surface area (Å²) in [5.41, 5.74) is 3.42. The van der Waals surface area contributed by atoms with Gasteiger partial charge in [0.25, 0.3) is 0 Å². The van der Waals surface area contributed by atoms with Crippen molar-refractivity contribution in [2.24, 2.45) is 0 Å². The quantitative estimate of drug-likeness (QED) is 0.742. The summed E-state index contributed by atoms with van der Waals surface area (Å²) in [5, 5.41) is 2.99. The molecule has 28 heavy (non-hydrogen) atoms. The van der Waals surface area contributed by atoms with Gasteiger partial charge in [0, 0.05) is 19.6 Å². The van der Waals surface area contributed by atoms with Gasteiger partial charge in [-0.25, -0.2) is 4.79 Å². The zero-order valence-electron chi connectivity index (χ0n) is 16.8. The van der Waals surface area contributed by atoms with E-state index in [4.69, 9.17) is 14.2 Å². The minimum atomic E-state index is -0.0451. The van der Waals surface area contributed by atoms with E-state index in [2.05, 4.69) is 5.32 Å². The van der Waals surface area contributed by atoms with Gasteiger partial charge in [0.2, 0.25) is 0 Å². The Morgan fingerprint density at radius 2 is 1.79 bits per heavy atom. The van der Waals surface area contributed by atoms with Crippen LogP contribution in [0, 0.1) is 6.92 Å². The number of carbonyl (C=O) groups is 1. The van der Waals surface area contributed by atoms with Gasteiger partial charge in [-0.3, -0.25) is 0 Å². The second-order valence-electron chi connectivity index (χ2n) is 6.85. The van der Waals surface area contributed by atoms with Crippen LogP contribution < -0.4 is 19.5 Å². The molecule has 0 radical (unpaired) electrons. The number of nitrogens with zero attached hydrogens (tertiary/aromatic N) is 1. The van der Waals surface area contributed by atoms with E-state index in [-0.39, 0.29) is 6.03 Å². The number of para-hydroxylation sites is 1. The van der Waals surface area contributed by atoms with E-state index >= 15 is 0 Å². The molecule has 0 saturated carbocycles. The lowest BCUT2D eigenvalue weighted by molar-refractivity contribution is 0.191. The van der Waals surface area contributed by atoms with E-state index in [9.17, 15) is 4.79 Å². The molecule has 0 spiro atoms. The van der Waals surface area contributed by atoms with E-state index in [1.54, 1.807) is 14.2 Å². The Hall–Kier alpha value is -2.89. The van der Waals surface area contributed by atoms with Crippen molar-refractivity contribution < 1.29 is 19.0 Å². The average Bonchev–Trinajstić information content (AvgIpc) is 2.73. The summed E-state index contributed by atoms with van der Waals surface area (Å²) in [6, 6.07) is 11.9. The van der Waals surface area contributed by atoms with Crippen LogP contribution in [-0.2, 0) is 13.0 Å². The highest BCUT2D eigenvalue weighted by atomic mass is 16.5. The molecule has 1 aliphatic heterocycles. The summed E-state index contributed by atoms with van der Waals surface area (Å²) in [4.78, 5) is 14.3. The minimum absolute atomic E-state index is 0.0451. The topological polar surface area (TPSA) is 60.0 Å². The predicted octanol–water partition coefficient (Wildman–Crippen LogP) is 3.55. The van der Waals surface area contributed by atoms with Crippen LogP contribution in [0.1, 0.15) is 23.1 Å². The molecule has 2 aromatic carbocycles. The summed E-state index contributed by atoms with van der Waals surface area (Å²) in [6.07, 6.45) is 1.56. The maximum atomic E-state index is 12.5. The Morgan fingerprint density at radius 3 is 2.50 bits per heavy atom. The highest BCUT2D eigenvalue weighted by Gasteiger charge is 2.22. The summed E-state index contributed by atoms with van der Waals surface area (Å²) in [7, 11) is 3.26. The molecule has 0 atom stereocenters. The molecular formula is C22H28N2O4. The van der Waals surface area contributed by atoms with Crippen molar-refractivity contribution >= 4 is 6.03 Å². The highest BCUT2D eigenvalue weighted by Crippen LogP contribution is 2.33. The Bertz CT molecular complexity index is 822. The number of rotatable bonds is 7. The predicted molar refractivity (Wildman–Crippen MR) is 108 cm³/mol. The first-order chi connectivity index (χ1) is 13.6. The lowest BCUT2D eigenvalue weighted by Crippen LogP contribution is -2.43. The van der Waals surface area contributed by atoms with Crippen LogP contribution >= 0.6 is 0 Å². The molecule has 0 aromatic heterocycles. The van der Waals surface area contributed by atoms with Gasteiger partial charge in [-0.05, 0) is 54.7 Å². The average molecular weight is 384 g/mol. The van der Waals surface area contributed by atoms with Crippen LogP contribution in [0.5, 0.6) is 17.2 Å². The molecule has 0 fully saturated rings. The van der Waals surface area contributed by atoms with Crippen molar-refractivity contribution in [1.82, 2.24) is 10.2 Å². The van der Waals surface area contributed by atoms with Gasteiger partial charge in [-0.1, -0.05) is 18.2 Å². The van der Waals surface area contributed by atoms with E-state index in [1.807, 2.05) is 48.2 Å². The van der Waals surface area contributed by atoms with E-state index in [0.717, 1.165) is 35.5 Å². The number of urea groups is 1. The Morgan fingerprint density at radius 1 is 1.07 bits per heavy atom. The molecule has 0 aliphatic carbocycles. The summed E-state index contributed by atoms with van der Waals surface area (Å²) < 4.78 is 16.5. The number of ether oxygens (including phenoxy) is 3. The molecule has 3 rings (SSSR count). The normalized spacial score (nSPS) is 12.9. The number of amides is 2. The van der Waals surface area contributed by atoms with Crippen molar-refractivity contribution in [3.63, 3.8) is 0 Å². The Balaban J connectivity index is 1.46. The van der Waals surface area contributed by atoms with Crippen molar-refractivity contribution in [1.29, 1.82) is 0 Å². The number of fused-ring (bicyclic) bond motifs is 1. The number of benzene rings is 2. The van der Waals surface area contributed by atoms with E-state index < -0.39 is 0 Å². The summed E-state index contributed by atoms with van der Waals surface area (Å²) >= 11 is 0. The third kappa shape index (κ3) is 4.68. The number of aryl methyl sites for hydroxylation is 1. The van der Waals surface area contributed by atoms with Crippen molar-refractivity contribution in [3.8, 4) is 17.2 Å². The third-order valence-electron chi connectivity index (χ3n) is 4.95. The third-order valence-corrected chi connectivity index (χ3v) is 4.95. The minimum Gasteiger partial charge on any atom is -0.493 e. The number of nitrogens with one attached hydrogen (secondary N) is 1. The summed E-state index contributed by atoms with van der Waals surface area (Å²) in [6.45, 7) is 4.44. The number of methoxy groups -OCH3 is 2. The highest BCUT2D eigenvalue weighted by molar-refractivity contribution is 5.74. The molecule has 0 saturated heterocycles. The van der Waals surface area contributed by atoms with E-state index in [1.165, 1.54) is 5.56 Å². The zero-order chi connectivity index (χ0) is 19.9. The Labute approximate surface area is 166 Å².